The van der Waals surface area contributed by atoms with Crippen LogP contribution in [0.1, 0.15) is 26.7 Å². The summed E-state index contributed by atoms with van der Waals surface area (Å²) < 4.78 is 5.41. The molecule has 1 saturated heterocycles. The van der Waals surface area contributed by atoms with Gasteiger partial charge in [-0.15, -0.1) is 0 Å². The van der Waals surface area contributed by atoms with Crippen molar-refractivity contribution in [2.24, 2.45) is 0 Å². The van der Waals surface area contributed by atoms with Gasteiger partial charge in [-0.3, -0.25) is 4.79 Å². The zero-order chi connectivity index (χ0) is 11.3. The zero-order valence-corrected chi connectivity index (χ0v) is 9.95. The molecule has 0 saturated carbocycles. The van der Waals surface area contributed by atoms with Crippen LogP contribution in [0.2, 0.25) is 0 Å². The quantitative estimate of drug-likeness (QED) is 0.729. The van der Waals surface area contributed by atoms with E-state index in [0.29, 0.717) is 13.2 Å². The van der Waals surface area contributed by atoms with Crippen LogP contribution < -0.4 is 5.32 Å². The maximum absolute atomic E-state index is 11.8. The normalized spacial score (nSPS) is 20.9. The lowest BCUT2D eigenvalue weighted by Gasteiger charge is -2.21. The second-order valence-electron chi connectivity index (χ2n) is 4.33. The van der Waals surface area contributed by atoms with Crippen molar-refractivity contribution >= 4 is 5.91 Å². The predicted octanol–water partition coefficient (Wildman–Crippen LogP) is 0.622. The van der Waals surface area contributed by atoms with Crippen molar-refractivity contribution in [2.45, 2.75) is 38.8 Å². The highest BCUT2D eigenvalue weighted by molar-refractivity contribution is 5.81. The van der Waals surface area contributed by atoms with E-state index in [1.807, 2.05) is 20.9 Å². The molecule has 0 aromatic heterocycles. The first-order chi connectivity index (χ1) is 7.11. The van der Waals surface area contributed by atoms with E-state index in [9.17, 15) is 4.79 Å². The van der Waals surface area contributed by atoms with Crippen molar-refractivity contribution in [3.05, 3.63) is 0 Å². The van der Waals surface area contributed by atoms with Gasteiger partial charge < -0.3 is 15.0 Å². The molecule has 0 aromatic rings. The molecule has 4 heteroatoms. The van der Waals surface area contributed by atoms with Crippen molar-refractivity contribution in [3.63, 3.8) is 0 Å². The largest absolute Gasteiger partial charge is 0.377 e. The number of hydrogen-bond acceptors (Lipinski definition) is 3. The second-order valence-corrected chi connectivity index (χ2v) is 4.33. The van der Waals surface area contributed by atoms with Crippen molar-refractivity contribution < 1.29 is 9.53 Å². The average Bonchev–Trinajstić information content (AvgIpc) is 2.68. The highest BCUT2D eigenvalue weighted by Gasteiger charge is 2.24. The summed E-state index contributed by atoms with van der Waals surface area (Å²) in [6.45, 7) is 6.26. The molecule has 4 nitrogen and oxygen atoms in total. The molecule has 0 aromatic carbocycles. The molecule has 15 heavy (non-hydrogen) atoms. The molecule has 88 valence electrons. The van der Waals surface area contributed by atoms with Gasteiger partial charge in [-0.25, -0.2) is 0 Å². The molecule has 1 aliphatic heterocycles. The summed E-state index contributed by atoms with van der Waals surface area (Å²) >= 11 is 0. The minimum absolute atomic E-state index is 0.0362. The van der Waals surface area contributed by atoms with E-state index in [1.54, 1.807) is 4.90 Å². The Kier molecular flexibility index (Phi) is 5.05. The summed E-state index contributed by atoms with van der Waals surface area (Å²) in [4.78, 5) is 13.6. The van der Waals surface area contributed by atoms with E-state index in [0.717, 1.165) is 19.4 Å². The number of likely N-dealkylation sites (N-methyl/N-ethyl adjacent to an activating group) is 1. The minimum atomic E-state index is 0.0362. The molecule has 0 aliphatic carbocycles. The molecule has 1 N–H and O–H groups in total. The van der Waals surface area contributed by atoms with Crippen LogP contribution in [0, 0.1) is 0 Å². The number of hydrogen-bond donors (Lipinski definition) is 1. The molecular weight excluding hydrogens is 192 g/mol. The predicted molar refractivity (Wildman–Crippen MR) is 59.7 cm³/mol. The first-order valence-corrected chi connectivity index (χ1v) is 5.71. The van der Waals surface area contributed by atoms with E-state index in [2.05, 4.69) is 5.32 Å². The topological polar surface area (TPSA) is 41.6 Å². The molecule has 0 bridgehead atoms. The first kappa shape index (κ1) is 12.5. The molecule has 0 unspecified atom stereocenters. The zero-order valence-electron chi connectivity index (χ0n) is 9.95. The van der Waals surface area contributed by atoms with Gasteiger partial charge in [-0.2, -0.15) is 0 Å². The lowest BCUT2D eigenvalue weighted by Crippen LogP contribution is -2.42. The van der Waals surface area contributed by atoms with Gasteiger partial charge in [0.25, 0.3) is 0 Å². The minimum Gasteiger partial charge on any atom is -0.377 e. The summed E-state index contributed by atoms with van der Waals surface area (Å²) in [5, 5.41) is 3.20. The van der Waals surface area contributed by atoms with Crippen LogP contribution in [0.5, 0.6) is 0 Å². The van der Waals surface area contributed by atoms with E-state index < -0.39 is 0 Å². The Hall–Kier alpha value is -0.610. The van der Waals surface area contributed by atoms with E-state index in [4.69, 9.17) is 4.74 Å². The fourth-order valence-corrected chi connectivity index (χ4v) is 1.70. The van der Waals surface area contributed by atoms with E-state index in [-0.39, 0.29) is 18.1 Å². The lowest BCUT2D eigenvalue weighted by atomic mass is 10.2. The Morgan fingerprint density at radius 3 is 2.87 bits per heavy atom. The van der Waals surface area contributed by atoms with Crippen LogP contribution in [-0.2, 0) is 9.53 Å². The second kappa shape index (κ2) is 6.08. The molecule has 0 spiro atoms. The molecule has 0 radical (unpaired) electrons. The van der Waals surface area contributed by atoms with Gasteiger partial charge in [0.05, 0.1) is 18.8 Å². The SMILES string of the molecule is CC(C)OCCN(C)C(=O)[C@H]1CCCN1. The Morgan fingerprint density at radius 1 is 1.60 bits per heavy atom. The van der Waals surface area contributed by atoms with Crippen molar-refractivity contribution in [1.29, 1.82) is 0 Å². The fraction of sp³-hybridized carbons (Fsp3) is 0.909. The Labute approximate surface area is 92.0 Å². The lowest BCUT2D eigenvalue weighted by molar-refractivity contribution is -0.132. The molecular formula is C11H22N2O2. The third kappa shape index (κ3) is 4.18. The molecule has 1 rings (SSSR count). The summed E-state index contributed by atoms with van der Waals surface area (Å²) in [6.07, 6.45) is 2.30. The maximum Gasteiger partial charge on any atom is 0.239 e. The van der Waals surface area contributed by atoms with Gasteiger partial charge in [-0.1, -0.05) is 0 Å². The van der Waals surface area contributed by atoms with E-state index in [1.165, 1.54) is 0 Å². The number of nitrogens with zero attached hydrogens (tertiary/aromatic N) is 1. The molecule has 1 fully saturated rings. The summed E-state index contributed by atoms with van der Waals surface area (Å²) in [5.74, 6) is 0.194. The molecule has 1 heterocycles. The smallest absolute Gasteiger partial charge is 0.239 e. The van der Waals surface area contributed by atoms with Gasteiger partial charge in [0.2, 0.25) is 5.91 Å². The summed E-state index contributed by atoms with van der Waals surface area (Å²) in [5.41, 5.74) is 0. The molecule has 1 amide bonds. The van der Waals surface area contributed by atoms with Crippen LogP contribution in [0.15, 0.2) is 0 Å². The highest BCUT2D eigenvalue weighted by Crippen LogP contribution is 2.07. The number of carbonyl (C=O) groups is 1. The van der Waals surface area contributed by atoms with Crippen molar-refractivity contribution in [2.75, 3.05) is 26.7 Å². The summed E-state index contributed by atoms with van der Waals surface area (Å²) in [6, 6.07) is 0.0362. The van der Waals surface area contributed by atoms with Gasteiger partial charge in [0.15, 0.2) is 0 Å². The van der Waals surface area contributed by atoms with Crippen LogP contribution in [0.3, 0.4) is 0 Å². The van der Waals surface area contributed by atoms with Gasteiger partial charge in [0, 0.05) is 13.6 Å². The summed E-state index contributed by atoms with van der Waals surface area (Å²) in [7, 11) is 1.84. The maximum atomic E-state index is 11.8. The Morgan fingerprint density at radius 2 is 2.33 bits per heavy atom. The van der Waals surface area contributed by atoms with Crippen LogP contribution >= 0.6 is 0 Å². The number of rotatable bonds is 5. The van der Waals surface area contributed by atoms with Crippen LogP contribution in [0.25, 0.3) is 0 Å². The van der Waals surface area contributed by atoms with Gasteiger partial charge in [0.1, 0.15) is 0 Å². The fourth-order valence-electron chi connectivity index (χ4n) is 1.70. The number of carbonyl (C=O) groups excluding carboxylic acids is 1. The highest BCUT2D eigenvalue weighted by atomic mass is 16.5. The van der Waals surface area contributed by atoms with Crippen molar-refractivity contribution in [3.8, 4) is 0 Å². The van der Waals surface area contributed by atoms with Crippen LogP contribution in [-0.4, -0.2) is 49.7 Å². The standard InChI is InChI=1S/C11H22N2O2/c1-9(2)15-8-7-13(3)11(14)10-5-4-6-12-10/h9-10,12H,4-8H2,1-3H3/t10-/m1/s1. The molecule has 1 aliphatic rings. The Bertz CT molecular complexity index is 201. The first-order valence-electron chi connectivity index (χ1n) is 5.71. The van der Waals surface area contributed by atoms with E-state index >= 15 is 0 Å². The van der Waals surface area contributed by atoms with Gasteiger partial charge >= 0.3 is 0 Å². The third-order valence-electron chi connectivity index (χ3n) is 2.61. The number of nitrogens with one attached hydrogen (secondary N) is 1. The Balaban J connectivity index is 2.20. The number of ether oxygens (including phenoxy) is 1. The third-order valence-corrected chi connectivity index (χ3v) is 2.61. The average molecular weight is 214 g/mol. The van der Waals surface area contributed by atoms with Crippen LogP contribution in [0.4, 0.5) is 0 Å². The molecule has 1 atom stereocenters. The number of amides is 1. The monoisotopic (exact) mass is 214 g/mol. The van der Waals surface area contributed by atoms with Gasteiger partial charge in [-0.05, 0) is 33.2 Å². The van der Waals surface area contributed by atoms with Crippen molar-refractivity contribution in [1.82, 2.24) is 10.2 Å².